The highest BCUT2D eigenvalue weighted by Gasteiger charge is 2.28. The van der Waals surface area contributed by atoms with Gasteiger partial charge in [0.05, 0.1) is 16.9 Å². The molecule has 280 valence electrons. The zero-order chi connectivity index (χ0) is 39.4. The first kappa shape index (κ1) is 35.5. The van der Waals surface area contributed by atoms with E-state index in [1.807, 2.05) is 12.1 Å². The SMILES string of the molecule is C(=C\c1ccc(N(c2ccccc2)c2c3ccccc3c(N(c3ccccc3)c3ccc(/C=C/c4ccccc4)cc3)c3c2nc2ccccn23)cc1)/c1ccccc1. The fourth-order valence-electron chi connectivity index (χ4n) is 7.94. The second-order valence-corrected chi connectivity index (χ2v) is 14.5. The largest absolute Gasteiger partial charge is 0.308 e. The van der Waals surface area contributed by atoms with Crippen molar-refractivity contribution in [3.8, 4) is 0 Å². The molecule has 0 unspecified atom stereocenters. The normalized spacial score (nSPS) is 11.6. The van der Waals surface area contributed by atoms with Crippen LogP contribution >= 0.6 is 0 Å². The summed E-state index contributed by atoms with van der Waals surface area (Å²) in [7, 11) is 0. The fraction of sp³-hybridized carbons (Fsp3) is 0. The molecule has 2 aromatic heterocycles. The number of pyridine rings is 1. The van der Waals surface area contributed by atoms with Gasteiger partial charge in [0.2, 0.25) is 0 Å². The average Bonchev–Trinajstić information content (AvgIpc) is 3.70. The number of para-hydroxylation sites is 2. The number of rotatable bonds is 10. The summed E-state index contributed by atoms with van der Waals surface area (Å²) < 4.78 is 2.24. The third kappa shape index (κ3) is 7.05. The van der Waals surface area contributed by atoms with Gasteiger partial charge < -0.3 is 9.80 Å². The lowest BCUT2D eigenvalue weighted by Gasteiger charge is -2.31. The molecule has 0 radical (unpaired) electrons. The third-order valence-corrected chi connectivity index (χ3v) is 10.7. The summed E-state index contributed by atoms with van der Waals surface area (Å²) in [5, 5.41) is 2.21. The zero-order valence-corrected chi connectivity index (χ0v) is 32.4. The van der Waals surface area contributed by atoms with Crippen molar-refractivity contribution >= 4 is 85.9 Å². The topological polar surface area (TPSA) is 23.8 Å². The molecular weight excluding hydrogens is 717 g/mol. The Balaban J connectivity index is 1.20. The van der Waals surface area contributed by atoms with Crippen LogP contribution in [0.1, 0.15) is 22.3 Å². The van der Waals surface area contributed by atoms with E-state index in [2.05, 4.69) is 245 Å². The number of aromatic nitrogens is 2. The van der Waals surface area contributed by atoms with E-state index in [1.165, 1.54) is 11.1 Å². The van der Waals surface area contributed by atoms with Crippen molar-refractivity contribution in [2.75, 3.05) is 9.80 Å². The number of anilines is 6. The summed E-state index contributed by atoms with van der Waals surface area (Å²) in [6, 6.07) is 74.8. The van der Waals surface area contributed by atoms with Crippen LogP contribution in [0.5, 0.6) is 0 Å². The van der Waals surface area contributed by atoms with E-state index in [4.69, 9.17) is 4.98 Å². The second-order valence-electron chi connectivity index (χ2n) is 14.5. The van der Waals surface area contributed by atoms with Crippen molar-refractivity contribution in [3.63, 3.8) is 0 Å². The monoisotopic (exact) mass is 756 g/mol. The van der Waals surface area contributed by atoms with E-state index in [9.17, 15) is 0 Å². The molecule has 0 amide bonds. The van der Waals surface area contributed by atoms with Crippen LogP contribution in [0.25, 0.3) is 51.8 Å². The Morgan fingerprint density at radius 3 is 1.20 bits per heavy atom. The Kier molecular flexibility index (Phi) is 9.55. The lowest BCUT2D eigenvalue weighted by Crippen LogP contribution is -2.15. The van der Waals surface area contributed by atoms with Crippen molar-refractivity contribution in [1.29, 1.82) is 0 Å². The lowest BCUT2D eigenvalue weighted by molar-refractivity contribution is 1.21. The summed E-state index contributed by atoms with van der Waals surface area (Å²) in [6.07, 6.45) is 10.8. The van der Waals surface area contributed by atoms with E-state index < -0.39 is 0 Å². The molecule has 0 fully saturated rings. The number of imidazole rings is 1. The highest BCUT2D eigenvalue weighted by Crippen LogP contribution is 2.51. The Bertz CT molecular complexity index is 3060. The summed E-state index contributed by atoms with van der Waals surface area (Å²) >= 11 is 0. The predicted molar refractivity (Wildman–Crippen MR) is 250 cm³/mol. The van der Waals surface area contributed by atoms with Crippen LogP contribution in [0.3, 0.4) is 0 Å². The minimum absolute atomic E-state index is 0.879. The number of fused-ring (bicyclic) bond motifs is 4. The van der Waals surface area contributed by atoms with Gasteiger partial charge in [0.15, 0.2) is 0 Å². The minimum Gasteiger partial charge on any atom is -0.308 e. The van der Waals surface area contributed by atoms with Crippen LogP contribution in [0.4, 0.5) is 34.1 Å². The van der Waals surface area contributed by atoms with Crippen molar-refractivity contribution < 1.29 is 0 Å². The molecule has 0 aliphatic carbocycles. The maximum Gasteiger partial charge on any atom is 0.138 e. The van der Waals surface area contributed by atoms with Crippen molar-refractivity contribution in [1.82, 2.24) is 9.38 Å². The van der Waals surface area contributed by atoms with Gasteiger partial charge in [-0.3, -0.25) is 4.40 Å². The lowest BCUT2D eigenvalue weighted by atomic mass is 10.00. The predicted octanol–water partition coefficient (Wildman–Crippen LogP) is 14.9. The fourth-order valence-corrected chi connectivity index (χ4v) is 7.94. The van der Waals surface area contributed by atoms with Crippen LogP contribution in [0.15, 0.2) is 219 Å². The molecule has 59 heavy (non-hydrogen) atoms. The van der Waals surface area contributed by atoms with E-state index >= 15 is 0 Å². The van der Waals surface area contributed by atoms with Gasteiger partial charge in [-0.15, -0.1) is 0 Å². The van der Waals surface area contributed by atoms with E-state index in [0.717, 1.165) is 72.7 Å². The maximum absolute atomic E-state index is 5.49. The van der Waals surface area contributed by atoms with Crippen molar-refractivity contribution in [2.45, 2.75) is 0 Å². The van der Waals surface area contributed by atoms with Gasteiger partial charge in [-0.2, -0.15) is 0 Å². The van der Waals surface area contributed by atoms with Crippen LogP contribution in [0, 0.1) is 0 Å². The quantitative estimate of drug-likeness (QED) is 0.103. The average molecular weight is 757 g/mol. The molecule has 0 saturated heterocycles. The highest BCUT2D eigenvalue weighted by molar-refractivity contribution is 6.22. The maximum atomic E-state index is 5.49. The Morgan fingerprint density at radius 1 is 0.339 bits per heavy atom. The van der Waals surface area contributed by atoms with Gasteiger partial charge in [0.1, 0.15) is 11.2 Å². The molecule has 0 aliphatic heterocycles. The smallest absolute Gasteiger partial charge is 0.138 e. The van der Waals surface area contributed by atoms with E-state index in [0.29, 0.717) is 0 Å². The molecule has 0 aliphatic rings. The van der Waals surface area contributed by atoms with E-state index in [1.54, 1.807) is 0 Å². The van der Waals surface area contributed by atoms with Gasteiger partial charge in [0, 0.05) is 39.7 Å². The van der Waals surface area contributed by atoms with Crippen LogP contribution in [0.2, 0.25) is 0 Å². The summed E-state index contributed by atoms with van der Waals surface area (Å²) in [5.41, 5.74) is 13.7. The Labute approximate surface area is 344 Å². The molecule has 10 rings (SSSR count). The Hall–Kier alpha value is -7.95. The molecule has 4 nitrogen and oxygen atoms in total. The molecule has 2 heterocycles. The number of hydrogen-bond donors (Lipinski definition) is 0. The van der Waals surface area contributed by atoms with Crippen LogP contribution in [-0.2, 0) is 0 Å². The molecule has 0 saturated carbocycles. The standard InChI is InChI=1S/C55H40N4/c1-5-17-41(18-6-1)28-30-43-32-36-47(37-33-43)58(45-21-9-3-10-22-45)53-49-25-13-14-26-50(49)54(55-52(53)56-51-27-15-16-40-57(51)55)59(46-23-11-4-12-24-46)48-38-34-44(35-39-48)31-29-42-19-7-2-8-20-42/h1-40H/b30-28+,31-29+. The highest BCUT2D eigenvalue weighted by atomic mass is 15.2. The van der Waals surface area contributed by atoms with Crippen LogP contribution < -0.4 is 9.80 Å². The van der Waals surface area contributed by atoms with E-state index in [-0.39, 0.29) is 0 Å². The first-order valence-corrected chi connectivity index (χ1v) is 20.0. The van der Waals surface area contributed by atoms with Gasteiger partial charge in [-0.05, 0) is 82.9 Å². The number of benzene rings is 8. The molecule has 0 spiro atoms. The summed E-state index contributed by atoms with van der Waals surface area (Å²) in [4.78, 5) is 10.2. The zero-order valence-electron chi connectivity index (χ0n) is 32.4. The van der Waals surface area contributed by atoms with Crippen molar-refractivity contribution in [3.05, 3.63) is 241 Å². The third-order valence-electron chi connectivity index (χ3n) is 10.7. The number of nitrogens with zero attached hydrogens (tertiary/aromatic N) is 4. The molecule has 10 aromatic rings. The first-order chi connectivity index (χ1) is 29.3. The first-order valence-electron chi connectivity index (χ1n) is 20.0. The summed E-state index contributed by atoms with van der Waals surface area (Å²) in [5.74, 6) is 0. The number of hydrogen-bond acceptors (Lipinski definition) is 3. The molecular formula is C55H40N4. The van der Waals surface area contributed by atoms with Gasteiger partial charge in [-0.25, -0.2) is 4.98 Å². The van der Waals surface area contributed by atoms with Crippen LogP contribution in [-0.4, -0.2) is 9.38 Å². The molecule has 8 aromatic carbocycles. The molecule has 0 atom stereocenters. The molecule has 0 N–H and O–H groups in total. The van der Waals surface area contributed by atoms with Gasteiger partial charge in [0.25, 0.3) is 0 Å². The minimum atomic E-state index is 0.879. The summed E-state index contributed by atoms with van der Waals surface area (Å²) in [6.45, 7) is 0. The molecule has 0 bridgehead atoms. The molecule has 4 heteroatoms. The van der Waals surface area contributed by atoms with Gasteiger partial charge in [-0.1, -0.05) is 176 Å². The Morgan fingerprint density at radius 2 is 0.712 bits per heavy atom. The second kappa shape index (κ2) is 15.9. The van der Waals surface area contributed by atoms with Crippen molar-refractivity contribution in [2.24, 2.45) is 0 Å². The van der Waals surface area contributed by atoms with Gasteiger partial charge >= 0.3 is 0 Å².